The van der Waals surface area contributed by atoms with E-state index in [1.807, 2.05) is 24.3 Å². The molecule has 1 unspecified atom stereocenters. The van der Waals surface area contributed by atoms with Crippen molar-refractivity contribution in [2.75, 3.05) is 12.4 Å². The van der Waals surface area contributed by atoms with Crippen molar-refractivity contribution in [1.29, 1.82) is 0 Å². The maximum atomic E-state index is 12.4. The number of carbonyl (C=O) groups excluding carboxylic acids is 1. The lowest BCUT2D eigenvalue weighted by Crippen LogP contribution is -2.23. The Balaban J connectivity index is 2.11. The third kappa shape index (κ3) is 4.49. The Morgan fingerprint density at radius 2 is 2.00 bits per heavy atom. The van der Waals surface area contributed by atoms with Crippen LogP contribution in [0.5, 0.6) is 5.75 Å². The van der Waals surface area contributed by atoms with Crippen LogP contribution in [0.1, 0.15) is 22.8 Å². The molecule has 0 aliphatic carbocycles. The predicted octanol–water partition coefficient (Wildman–Crippen LogP) is 3.86. The van der Waals surface area contributed by atoms with E-state index in [1.165, 1.54) is 18.2 Å². The van der Waals surface area contributed by atoms with Crippen LogP contribution in [0.15, 0.2) is 42.5 Å². The van der Waals surface area contributed by atoms with Gasteiger partial charge in [0.1, 0.15) is 5.75 Å². The van der Waals surface area contributed by atoms with Gasteiger partial charge in [0.25, 0.3) is 0 Å². The van der Waals surface area contributed by atoms with Crippen molar-refractivity contribution < 1.29 is 19.4 Å². The quantitative estimate of drug-likeness (QED) is 0.831. The smallest absolute Gasteiger partial charge is 0.337 e. The number of carboxylic acids is 1. The van der Waals surface area contributed by atoms with E-state index in [4.69, 9.17) is 16.3 Å². The lowest BCUT2D eigenvalue weighted by atomic mass is 10.00. The van der Waals surface area contributed by atoms with E-state index in [2.05, 4.69) is 5.32 Å². The normalized spacial score (nSPS) is 11.6. The molecule has 0 heterocycles. The van der Waals surface area contributed by atoms with Crippen molar-refractivity contribution in [3.8, 4) is 5.75 Å². The summed E-state index contributed by atoms with van der Waals surface area (Å²) < 4.78 is 5.17. The number of benzene rings is 2. The summed E-state index contributed by atoms with van der Waals surface area (Å²) in [4.78, 5) is 23.6. The summed E-state index contributed by atoms with van der Waals surface area (Å²) in [6, 6.07) is 11.7. The fourth-order valence-corrected chi connectivity index (χ4v) is 2.48. The topological polar surface area (TPSA) is 75.6 Å². The standard InChI is InChI=1S/C18H18ClNO4/c1-11(8-12-4-3-5-14(9-12)24-2)17(21)20-16-10-13(19)6-7-15(16)18(22)23/h3-7,9-11H,8H2,1-2H3,(H,20,21)(H,22,23). The number of rotatable bonds is 6. The molecule has 2 N–H and O–H groups in total. The fourth-order valence-electron chi connectivity index (χ4n) is 2.31. The molecule has 5 nitrogen and oxygen atoms in total. The molecule has 0 saturated carbocycles. The first-order valence-electron chi connectivity index (χ1n) is 7.37. The molecular formula is C18H18ClNO4. The number of carboxylic acid groups (broad SMARTS) is 1. The van der Waals surface area contributed by atoms with Crippen LogP contribution in [0.2, 0.25) is 5.02 Å². The lowest BCUT2D eigenvalue weighted by molar-refractivity contribution is -0.119. The molecule has 0 aromatic heterocycles. The number of nitrogens with one attached hydrogen (secondary N) is 1. The SMILES string of the molecule is COc1cccc(CC(C)C(=O)Nc2cc(Cl)ccc2C(=O)O)c1. The summed E-state index contributed by atoms with van der Waals surface area (Å²) in [5, 5.41) is 12.2. The molecule has 1 atom stereocenters. The van der Waals surface area contributed by atoms with Crippen LogP contribution >= 0.6 is 11.6 Å². The monoisotopic (exact) mass is 347 g/mol. The van der Waals surface area contributed by atoms with Gasteiger partial charge >= 0.3 is 5.97 Å². The lowest BCUT2D eigenvalue weighted by Gasteiger charge is -2.14. The van der Waals surface area contributed by atoms with E-state index >= 15 is 0 Å². The van der Waals surface area contributed by atoms with E-state index in [-0.39, 0.29) is 23.1 Å². The molecule has 2 aromatic rings. The van der Waals surface area contributed by atoms with Gasteiger partial charge in [-0.3, -0.25) is 4.79 Å². The van der Waals surface area contributed by atoms with Crippen molar-refractivity contribution in [1.82, 2.24) is 0 Å². The molecule has 0 spiro atoms. The Morgan fingerprint density at radius 3 is 2.67 bits per heavy atom. The highest BCUT2D eigenvalue weighted by Crippen LogP contribution is 2.23. The van der Waals surface area contributed by atoms with Gasteiger partial charge in [0, 0.05) is 10.9 Å². The zero-order chi connectivity index (χ0) is 17.7. The van der Waals surface area contributed by atoms with Crippen LogP contribution in [0.4, 0.5) is 5.69 Å². The number of carbonyl (C=O) groups is 2. The van der Waals surface area contributed by atoms with Gasteiger partial charge in [-0.2, -0.15) is 0 Å². The molecule has 1 amide bonds. The minimum atomic E-state index is -1.12. The Labute approximate surface area is 145 Å². The molecular weight excluding hydrogens is 330 g/mol. The van der Waals surface area contributed by atoms with Gasteiger partial charge in [-0.25, -0.2) is 4.79 Å². The van der Waals surface area contributed by atoms with Crippen LogP contribution in [0.3, 0.4) is 0 Å². The number of aromatic carboxylic acids is 1. The van der Waals surface area contributed by atoms with Crippen molar-refractivity contribution in [3.05, 3.63) is 58.6 Å². The van der Waals surface area contributed by atoms with Crippen molar-refractivity contribution >= 4 is 29.2 Å². The van der Waals surface area contributed by atoms with Crippen LogP contribution in [-0.2, 0) is 11.2 Å². The van der Waals surface area contributed by atoms with E-state index in [9.17, 15) is 14.7 Å². The first-order chi connectivity index (χ1) is 11.4. The summed E-state index contributed by atoms with van der Waals surface area (Å²) in [5.41, 5.74) is 1.15. The Bertz CT molecular complexity index is 760. The fraction of sp³-hybridized carbons (Fsp3) is 0.222. The minimum absolute atomic E-state index is 0.00123. The van der Waals surface area contributed by atoms with Gasteiger partial charge in [-0.15, -0.1) is 0 Å². The minimum Gasteiger partial charge on any atom is -0.497 e. The first-order valence-corrected chi connectivity index (χ1v) is 7.75. The highest BCUT2D eigenvalue weighted by atomic mass is 35.5. The van der Waals surface area contributed by atoms with Gasteiger partial charge in [-0.1, -0.05) is 30.7 Å². The van der Waals surface area contributed by atoms with E-state index in [0.717, 1.165) is 11.3 Å². The van der Waals surface area contributed by atoms with Gasteiger partial charge in [-0.05, 0) is 42.3 Å². The largest absolute Gasteiger partial charge is 0.497 e. The summed E-state index contributed by atoms with van der Waals surface area (Å²) in [7, 11) is 1.59. The number of hydrogen-bond donors (Lipinski definition) is 2. The third-order valence-electron chi connectivity index (χ3n) is 3.59. The summed E-state index contributed by atoms with van der Waals surface area (Å²) >= 11 is 5.89. The zero-order valence-corrected chi connectivity index (χ0v) is 14.1. The van der Waals surface area contributed by atoms with E-state index < -0.39 is 5.97 Å². The molecule has 24 heavy (non-hydrogen) atoms. The summed E-state index contributed by atoms with van der Waals surface area (Å²) in [6.45, 7) is 1.78. The molecule has 126 valence electrons. The molecule has 6 heteroatoms. The number of amides is 1. The van der Waals surface area contributed by atoms with Crippen molar-refractivity contribution in [3.63, 3.8) is 0 Å². The molecule has 0 bridgehead atoms. The van der Waals surface area contributed by atoms with E-state index in [1.54, 1.807) is 14.0 Å². The second-order valence-electron chi connectivity index (χ2n) is 5.44. The third-order valence-corrected chi connectivity index (χ3v) is 3.83. The first kappa shape index (κ1) is 17.8. The molecule has 0 saturated heterocycles. The Morgan fingerprint density at radius 1 is 1.25 bits per heavy atom. The second-order valence-corrected chi connectivity index (χ2v) is 5.88. The number of hydrogen-bond acceptors (Lipinski definition) is 3. The van der Waals surface area contributed by atoms with Crippen LogP contribution in [-0.4, -0.2) is 24.1 Å². The van der Waals surface area contributed by atoms with Gasteiger partial charge < -0.3 is 15.2 Å². The number of methoxy groups -OCH3 is 1. The number of halogens is 1. The summed E-state index contributed by atoms with van der Waals surface area (Å²) in [6.07, 6.45) is 0.506. The predicted molar refractivity (Wildman–Crippen MR) is 92.9 cm³/mol. The summed E-state index contributed by atoms with van der Waals surface area (Å²) in [5.74, 6) is -1.02. The molecule has 2 rings (SSSR count). The van der Waals surface area contributed by atoms with Crippen LogP contribution < -0.4 is 10.1 Å². The van der Waals surface area contributed by atoms with Crippen molar-refractivity contribution in [2.24, 2.45) is 5.92 Å². The maximum absolute atomic E-state index is 12.4. The number of ether oxygens (including phenoxy) is 1. The second kappa shape index (κ2) is 7.84. The molecule has 0 fully saturated rings. The zero-order valence-electron chi connectivity index (χ0n) is 13.4. The van der Waals surface area contributed by atoms with Crippen LogP contribution in [0, 0.1) is 5.92 Å². The highest BCUT2D eigenvalue weighted by Gasteiger charge is 2.18. The average molecular weight is 348 g/mol. The van der Waals surface area contributed by atoms with Crippen molar-refractivity contribution in [2.45, 2.75) is 13.3 Å². The highest BCUT2D eigenvalue weighted by molar-refractivity contribution is 6.31. The maximum Gasteiger partial charge on any atom is 0.337 e. The van der Waals surface area contributed by atoms with E-state index in [0.29, 0.717) is 11.4 Å². The van der Waals surface area contributed by atoms with Crippen LogP contribution in [0.25, 0.3) is 0 Å². The molecule has 0 aliphatic rings. The Kier molecular flexibility index (Phi) is 5.82. The van der Waals surface area contributed by atoms with Gasteiger partial charge in [0.15, 0.2) is 0 Å². The van der Waals surface area contributed by atoms with Gasteiger partial charge in [0.05, 0.1) is 18.4 Å². The number of anilines is 1. The molecule has 0 aliphatic heterocycles. The molecule has 2 aromatic carbocycles. The molecule has 0 radical (unpaired) electrons. The average Bonchev–Trinajstić information content (AvgIpc) is 2.54. The van der Waals surface area contributed by atoms with Gasteiger partial charge in [0.2, 0.25) is 5.91 Å². The Hall–Kier alpha value is -2.53.